The van der Waals surface area contributed by atoms with Crippen LogP contribution in [0.4, 0.5) is 0 Å². The van der Waals surface area contributed by atoms with Gasteiger partial charge in [0.15, 0.2) is 0 Å². The average molecular weight is 159 g/mol. The van der Waals surface area contributed by atoms with Crippen LogP contribution in [0.3, 0.4) is 0 Å². The SMILES string of the molecule is CC.CCC[C@@H](C)N(C)CC. The summed E-state index contributed by atoms with van der Waals surface area (Å²) in [7, 11) is 2.18. The van der Waals surface area contributed by atoms with Crippen molar-refractivity contribution in [3.8, 4) is 0 Å². The molecule has 0 fully saturated rings. The van der Waals surface area contributed by atoms with Crippen molar-refractivity contribution in [3.05, 3.63) is 0 Å². The summed E-state index contributed by atoms with van der Waals surface area (Å²) >= 11 is 0. The summed E-state index contributed by atoms with van der Waals surface area (Å²) in [6.45, 7) is 11.9. The molecule has 0 N–H and O–H groups in total. The van der Waals surface area contributed by atoms with Crippen LogP contribution in [0.25, 0.3) is 0 Å². The molecule has 0 aromatic rings. The first-order valence-electron chi connectivity index (χ1n) is 4.92. The van der Waals surface area contributed by atoms with Gasteiger partial charge in [0, 0.05) is 6.04 Å². The van der Waals surface area contributed by atoms with E-state index in [1.807, 2.05) is 13.8 Å². The van der Waals surface area contributed by atoms with E-state index in [4.69, 9.17) is 0 Å². The number of nitrogens with zero attached hydrogens (tertiary/aromatic N) is 1. The molecule has 0 spiro atoms. The van der Waals surface area contributed by atoms with E-state index in [-0.39, 0.29) is 0 Å². The number of hydrogen-bond acceptors (Lipinski definition) is 1. The first kappa shape index (κ1) is 13.5. The summed E-state index contributed by atoms with van der Waals surface area (Å²) in [5.41, 5.74) is 0. The number of hydrogen-bond donors (Lipinski definition) is 0. The normalized spacial score (nSPS) is 12.3. The van der Waals surface area contributed by atoms with Crippen molar-refractivity contribution in [2.75, 3.05) is 13.6 Å². The van der Waals surface area contributed by atoms with E-state index in [0.717, 1.165) is 6.04 Å². The van der Waals surface area contributed by atoms with Gasteiger partial charge in [-0.25, -0.2) is 0 Å². The minimum atomic E-state index is 0.764. The maximum Gasteiger partial charge on any atom is 0.00636 e. The molecule has 0 aliphatic carbocycles. The smallest absolute Gasteiger partial charge is 0.00636 e. The molecule has 0 aromatic carbocycles. The van der Waals surface area contributed by atoms with Gasteiger partial charge in [0.25, 0.3) is 0 Å². The fourth-order valence-corrected chi connectivity index (χ4v) is 0.950. The van der Waals surface area contributed by atoms with E-state index in [1.165, 1.54) is 19.4 Å². The molecule has 0 saturated heterocycles. The van der Waals surface area contributed by atoms with Gasteiger partial charge in [0.05, 0.1) is 0 Å². The average Bonchev–Trinajstić information content (AvgIpc) is 2.07. The fourth-order valence-electron chi connectivity index (χ4n) is 0.950. The lowest BCUT2D eigenvalue weighted by molar-refractivity contribution is 0.257. The Bertz CT molecular complexity index is 61.9. The highest BCUT2D eigenvalue weighted by molar-refractivity contribution is 4.59. The molecule has 0 saturated carbocycles. The van der Waals surface area contributed by atoms with Crippen molar-refractivity contribution in [1.29, 1.82) is 0 Å². The predicted octanol–water partition coefficient (Wildman–Crippen LogP) is 3.15. The Kier molecular flexibility index (Phi) is 12.3. The zero-order chi connectivity index (χ0) is 9.28. The Morgan fingerprint density at radius 2 is 1.64 bits per heavy atom. The Labute approximate surface area is 72.8 Å². The molecule has 0 bridgehead atoms. The lowest BCUT2D eigenvalue weighted by atomic mass is 10.2. The largest absolute Gasteiger partial charge is 0.304 e. The second kappa shape index (κ2) is 9.96. The van der Waals surface area contributed by atoms with Crippen molar-refractivity contribution < 1.29 is 0 Å². The van der Waals surface area contributed by atoms with Gasteiger partial charge in [-0.15, -0.1) is 0 Å². The number of rotatable bonds is 4. The molecule has 1 nitrogen and oxygen atoms in total. The third-order valence-electron chi connectivity index (χ3n) is 1.96. The third kappa shape index (κ3) is 7.86. The molecule has 0 rings (SSSR count). The standard InChI is InChI=1S/C8H19N.C2H6/c1-5-7-8(3)9(4)6-2;1-2/h8H,5-7H2,1-4H3;1-2H3/t8-;/m1./s1. The Morgan fingerprint density at radius 1 is 1.18 bits per heavy atom. The van der Waals surface area contributed by atoms with Crippen LogP contribution in [0.5, 0.6) is 0 Å². The van der Waals surface area contributed by atoms with Gasteiger partial charge in [0.2, 0.25) is 0 Å². The Hall–Kier alpha value is -0.0400. The highest BCUT2D eigenvalue weighted by atomic mass is 15.1. The molecule has 11 heavy (non-hydrogen) atoms. The van der Waals surface area contributed by atoms with Crippen LogP contribution < -0.4 is 0 Å². The van der Waals surface area contributed by atoms with Gasteiger partial charge in [-0.1, -0.05) is 34.1 Å². The highest BCUT2D eigenvalue weighted by Crippen LogP contribution is 2.01. The van der Waals surface area contributed by atoms with E-state index in [2.05, 4.69) is 32.7 Å². The lowest BCUT2D eigenvalue weighted by Crippen LogP contribution is -2.28. The lowest BCUT2D eigenvalue weighted by Gasteiger charge is -2.21. The summed E-state index contributed by atoms with van der Waals surface area (Å²) < 4.78 is 0. The van der Waals surface area contributed by atoms with E-state index in [9.17, 15) is 0 Å². The molecule has 0 aromatic heterocycles. The van der Waals surface area contributed by atoms with E-state index in [0.29, 0.717) is 0 Å². The molecule has 0 unspecified atom stereocenters. The summed E-state index contributed by atoms with van der Waals surface area (Å²) in [6.07, 6.45) is 2.62. The summed E-state index contributed by atoms with van der Waals surface area (Å²) in [6, 6.07) is 0.764. The maximum absolute atomic E-state index is 2.38. The van der Waals surface area contributed by atoms with Crippen molar-refractivity contribution in [3.63, 3.8) is 0 Å². The fraction of sp³-hybridized carbons (Fsp3) is 1.00. The molecule has 0 aliphatic heterocycles. The third-order valence-corrected chi connectivity index (χ3v) is 1.96. The van der Waals surface area contributed by atoms with E-state index >= 15 is 0 Å². The topological polar surface area (TPSA) is 3.24 Å². The monoisotopic (exact) mass is 159 g/mol. The van der Waals surface area contributed by atoms with Crippen molar-refractivity contribution in [2.24, 2.45) is 0 Å². The van der Waals surface area contributed by atoms with Gasteiger partial charge in [0.1, 0.15) is 0 Å². The van der Waals surface area contributed by atoms with Crippen LogP contribution in [-0.4, -0.2) is 24.5 Å². The van der Waals surface area contributed by atoms with Gasteiger partial charge in [-0.05, 0) is 26.9 Å². The van der Waals surface area contributed by atoms with Gasteiger partial charge in [-0.3, -0.25) is 0 Å². The minimum Gasteiger partial charge on any atom is -0.304 e. The molecule has 70 valence electrons. The van der Waals surface area contributed by atoms with Gasteiger partial charge >= 0.3 is 0 Å². The summed E-state index contributed by atoms with van der Waals surface area (Å²) in [5, 5.41) is 0. The summed E-state index contributed by atoms with van der Waals surface area (Å²) in [5.74, 6) is 0. The molecular formula is C10H25N. The quantitative estimate of drug-likeness (QED) is 0.609. The minimum absolute atomic E-state index is 0.764. The second-order valence-electron chi connectivity index (χ2n) is 2.71. The zero-order valence-corrected chi connectivity index (χ0v) is 9.15. The molecule has 0 aliphatic rings. The van der Waals surface area contributed by atoms with Gasteiger partial charge in [-0.2, -0.15) is 0 Å². The van der Waals surface area contributed by atoms with Gasteiger partial charge < -0.3 is 4.90 Å². The van der Waals surface area contributed by atoms with Crippen LogP contribution in [-0.2, 0) is 0 Å². The molecule has 0 amide bonds. The van der Waals surface area contributed by atoms with E-state index in [1.54, 1.807) is 0 Å². The van der Waals surface area contributed by atoms with Crippen LogP contribution in [0, 0.1) is 0 Å². The van der Waals surface area contributed by atoms with E-state index < -0.39 is 0 Å². The second-order valence-corrected chi connectivity index (χ2v) is 2.71. The zero-order valence-electron chi connectivity index (χ0n) is 9.15. The Morgan fingerprint density at radius 3 is 1.91 bits per heavy atom. The van der Waals surface area contributed by atoms with Crippen LogP contribution >= 0.6 is 0 Å². The van der Waals surface area contributed by atoms with Crippen LogP contribution in [0.15, 0.2) is 0 Å². The first-order valence-corrected chi connectivity index (χ1v) is 4.92. The Balaban J connectivity index is 0. The predicted molar refractivity (Wildman–Crippen MR) is 54.0 cm³/mol. The molecule has 1 atom stereocenters. The maximum atomic E-state index is 2.38. The van der Waals surface area contributed by atoms with Crippen molar-refractivity contribution in [1.82, 2.24) is 4.90 Å². The van der Waals surface area contributed by atoms with Crippen molar-refractivity contribution in [2.45, 2.75) is 53.5 Å². The molecule has 0 radical (unpaired) electrons. The molecule has 0 heterocycles. The molecular weight excluding hydrogens is 134 g/mol. The van der Waals surface area contributed by atoms with Crippen molar-refractivity contribution >= 4 is 0 Å². The molecule has 1 heteroatoms. The van der Waals surface area contributed by atoms with Crippen LogP contribution in [0.2, 0.25) is 0 Å². The van der Waals surface area contributed by atoms with Crippen LogP contribution in [0.1, 0.15) is 47.5 Å². The summed E-state index contributed by atoms with van der Waals surface area (Å²) in [4.78, 5) is 2.38. The highest BCUT2D eigenvalue weighted by Gasteiger charge is 2.03. The first-order chi connectivity index (χ1) is 5.22.